The molecule has 0 aromatic carbocycles. The summed E-state index contributed by atoms with van der Waals surface area (Å²) in [7, 11) is -3.67. The molecular weight excluding hydrogens is 474 g/mol. The highest BCUT2D eigenvalue weighted by atomic mass is 32.2. The Labute approximate surface area is 218 Å². The fraction of sp³-hybridized carbons (Fsp3) is 0.893. The first-order valence-electron chi connectivity index (χ1n) is 14.4. The molecule has 3 saturated carbocycles. The minimum Gasteiger partial charge on any atom is -0.393 e. The van der Waals surface area contributed by atoms with E-state index in [4.69, 9.17) is 5.14 Å². The smallest absolute Gasteiger partial charge is 0.277 e. The standard InChI is InChI=1S/C28H47N3O4S/c1-19(4-9-26(33)30-14-16-31(17-15-30)36(29,34)35)23-7-8-24-22-6-5-20-18-21(32)10-12-27(20,2)25(22)11-13-28(23,24)3/h5,19,21-25,32H,4,6-18H2,1-3H3,(H2,29,34,35)/t19-,21+,22+,23-,24+,25+,27+,28-/m1/s1. The summed E-state index contributed by atoms with van der Waals surface area (Å²) in [5, 5.41) is 15.5. The Morgan fingerprint density at radius 3 is 2.53 bits per heavy atom. The zero-order valence-corrected chi connectivity index (χ0v) is 23.3. The van der Waals surface area contributed by atoms with Crippen LogP contribution in [0.15, 0.2) is 11.6 Å². The highest BCUT2D eigenvalue weighted by Crippen LogP contribution is 2.67. The molecule has 5 rings (SSSR count). The van der Waals surface area contributed by atoms with Crippen LogP contribution in [0.4, 0.5) is 0 Å². The number of hydrogen-bond donors (Lipinski definition) is 2. The van der Waals surface area contributed by atoms with Gasteiger partial charge < -0.3 is 10.0 Å². The Balaban J connectivity index is 1.19. The number of aliphatic hydroxyl groups is 1. The highest BCUT2D eigenvalue weighted by molar-refractivity contribution is 7.86. The maximum atomic E-state index is 12.9. The number of hydrogen-bond acceptors (Lipinski definition) is 4. The molecule has 1 aliphatic heterocycles. The van der Waals surface area contributed by atoms with Gasteiger partial charge in [-0.2, -0.15) is 12.7 Å². The lowest BCUT2D eigenvalue weighted by atomic mass is 9.47. The van der Waals surface area contributed by atoms with Gasteiger partial charge in [-0.25, -0.2) is 5.14 Å². The second-order valence-corrected chi connectivity index (χ2v) is 14.8. The predicted octanol–water partition coefficient (Wildman–Crippen LogP) is 3.69. The van der Waals surface area contributed by atoms with Crippen molar-refractivity contribution >= 4 is 16.1 Å². The van der Waals surface area contributed by atoms with Crippen molar-refractivity contribution < 1.29 is 18.3 Å². The Morgan fingerprint density at radius 1 is 1.11 bits per heavy atom. The number of carbonyl (C=O) groups is 1. The molecule has 3 N–H and O–H groups in total. The molecule has 36 heavy (non-hydrogen) atoms. The number of nitrogens with two attached hydrogens (primary N) is 1. The number of piperazine rings is 1. The van der Waals surface area contributed by atoms with Crippen LogP contribution >= 0.6 is 0 Å². The molecule has 0 radical (unpaired) electrons. The number of fused-ring (bicyclic) bond motifs is 5. The van der Waals surface area contributed by atoms with Crippen molar-refractivity contribution in [1.82, 2.24) is 9.21 Å². The quantitative estimate of drug-likeness (QED) is 0.539. The predicted molar refractivity (Wildman–Crippen MR) is 141 cm³/mol. The molecular formula is C28H47N3O4S. The van der Waals surface area contributed by atoms with Gasteiger partial charge in [0.05, 0.1) is 6.10 Å². The molecule has 4 fully saturated rings. The van der Waals surface area contributed by atoms with E-state index in [1.807, 2.05) is 4.90 Å². The Hall–Kier alpha value is -0.960. The molecule has 0 aromatic heterocycles. The molecule has 0 bridgehead atoms. The van der Waals surface area contributed by atoms with Crippen LogP contribution in [0.2, 0.25) is 0 Å². The lowest BCUT2D eigenvalue weighted by Gasteiger charge is -2.58. The van der Waals surface area contributed by atoms with Gasteiger partial charge in [-0.1, -0.05) is 32.4 Å². The molecule has 204 valence electrons. The lowest BCUT2D eigenvalue weighted by Crippen LogP contribution is -2.52. The topological polar surface area (TPSA) is 104 Å². The third kappa shape index (κ3) is 4.58. The molecule has 7 nitrogen and oxygen atoms in total. The summed E-state index contributed by atoms with van der Waals surface area (Å²) in [6, 6.07) is 0. The largest absolute Gasteiger partial charge is 0.393 e. The van der Waals surface area contributed by atoms with Crippen LogP contribution in [-0.4, -0.2) is 60.9 Å². The molecule has 8 heteroatoms. The van der Waals surface area contributed by atoms with Crippen LogP contribution in [0.25, 0.3) is 0 Å². The highest BCUT2D eigenvalue weighted by Gasteiger charge is 2.59. The molecule has 8 atom stereocenters. The maximum Gasteiger partial charge on any atom is 0.277 e. The molecule has 1 amide bonds. The van der Waals surface area contributed by atoms with Crippen molar-refractivity contribution in [2.45, 2.75) is 91.1 Å². The number of aliphatic hydroxyl groups excluding tert-OH is 1. The van der Waals surface area contributed by atoms with Crippen LogP contribution in [0.3, 0.4) is 0 Å². The summed E-state index contributed by atoms with van der Waals surface area (Å²) < 4.78 is 24.3. The summed E-state index contributed by atoms with van der Waals surface area (Å²) in [6.07, 6.45) is 13.2. The van der Waals surface area contributed by atoms with Crippen LogP contribution in [-0.2, 0) is 15.0 Å². The fourth-order valence-electron chi connectivity index (χ4n) is 9.52. The third-order valence-corrected chi connectivity index (χ3v) is 12.7. The van der Waals surface area contributed by atoms with E-state index in [0.717, 1.165) is 43.4 Å². The van der Waals surface area contributed by atoms with Crippen molar-refractivity contribution in [2.24, 2.45) is 45.6 Å². The van der Waals surface area contributed by atoms with Gasteiger partial charge in [0.2, 0.25) is 5.91 Å². The van der Waals surface area contributed by atoms with Crippen LogP contribution in [0.5, 0.6) is 0 Å². The van der Waals surface area contributed by atoms with E-state index >= 15 is 0 Å². The normalized spacial score (nSPS) is 42.2. The van der Waals surface area contributed by atoms with Crippen molar-refractivity contribution in [3.8, 4) is 0 Å². The van der Waals surface area contributed by atoms with Crippen LogP contribution < -0.4 is 5.14 Å². The van der Waals surface area contributed by atoms with Gasteiger partial charge >= 0.3 is 0 Å². The first-order valence-corrected chi connectivity index (χ1v) is 15.9. The maximum absolute atomic E-state index is 12.9. The van der Waals surface area contributed by atoms with Gasteiger partial charge in [0, 0.05) is 32.6 Å². The minimum absolute atomic E-state index is 0.147. The van der Waals surface area contributed by atoms with E-state index in [1.54, 1.807) is 0 Å². The van der Waals surface area contributed by atoms with Gasteiger partial charge in [-0.05, 0) is 98.2 Å². The van der Waals surface area contributed by atoms with Crippen LogP contribution in [0, 0.1) is 40.4 Å². The van der Waals surface area contributed by atoms with Crippen molar-refractivity contribution in [3.05, 3.63) is 11.6 Å². The monoisotopic (exact) mass is 521 g/mol. The van der Waals surface area contributed by atoms with E-state index in [9.17, 15) is 18.3 Å². The second kappa shape index (κ2) is 9.65. The molecule has 0 unspecified atom stereocenters. The first kappa shape index (κ1) is 26.6. The van der Waals surface area contributed by atoms with Crippen molar-refractivity contribution in [3.63, 3.8) is 0 Å². The van der Waals surface area contributed by atoms with E-state index < -0.39 is 10.2 Å². The molecule has 4 aliphatic carbocycles. The third-order valence-electron chi connectivity index (χ3n) is 11.6. The number of nitrogens with zero attached hydrogens (tertiary/aromatic N) is 2. The zero-order chi connectivity index (χ0) is 25.9. The molecule has 1 saturated heterocycles. The second-order valence-electron chi connectivity index (χ2n) is 13.2. The average Bonchev–Trinajstić information content (AvgIpc) is 3.19. The van der Waals surface area contributed by atoms with E-state index in [1.165, 1.54) is 42.0 Å². The van der Waals surface area contributed by atoms with E-state index in [-0.39, 0.29) is 17.4 Å². The molecule has 1 heterocycles. The summed E-state index contributed by atoms with van der Waals surface area (Å²) in [4.78, 5) is 14.7. The summed E-state index contributed by atoms with van der Waals surface area (Å²) in [5.74, 6) is 3.63. The zero-order valence-electron chi connectivity index (χ0n) is 22.5. The van der Waals surface area contributed by atoms with E-state index in [0.29, 0.717) is 49.9 Å². The number of rotatable bonds is 5. The Kier molecular flexibility index (Phi) is 7.14. The van der Waals surface area contributed by atoms with Gasteiger partial charge in [0.25, 0.3) is 10.2 Å². The molecule has 0 aromatic rings. The van der Waals surface area contributed by atoms with Gasteiger partial charge in [-0.3, -0.25) is 4.79 Å². The number of amides is 1. The summed E-state index contributed by atoms with van der Waals surface area (Å²) in [5.41, 5.74) is 2.19. The SMILES string of the molecule is C[C@H](CCC(=O)N1CCN(S(N)(=O)=O)CC1)[C@H]1CC[C@H]2[C@@H]3CC=C4C[C@@H](O)CC[C@]4(C)[C@H]3CC[C@]12C. The number of carbonyl (C=O) groups excluding carboxylic acids is 1. The Morgan fingerprint density at radius 2 is 1.83 bits per heavy atom. The minimum atomic E-state index is -3.67. The molecule has 0 spiro atoms. The lowest BCUT2D eigenvalue weighted by molar-refractivity contribution is -0.133. The van der Waals surface area contributed by atoms with Gasteiger partial charge in [-0.15, -0.1) is 0 Å². The average molecular weight is 522 g/mol. The number of allylic oxidation sites excluding steroid dienone is 1. The summed E-state index contributed by atoms with van der Waals surface area (Å²) >= 11 is 0. The van der Waals surface area contributed by atoms with Crippen molar-refractivity contribution in [1.29, 1.82) is 0 Å². The Bertz CT molecular complexity index is 991. The first-order chi connectivity index (χ1) is 16.9. The van der Waals surface area contributed by atoms with Crippen molar-refractivity contribution in [2.75, 3.05) is 26.2 Å². The fourth-order valence-corrected chi connectivity index (χ4v) is 10.2. The van der Waals surface area contributed by atoms with E-state index in [2.05, 4.69) is 26.8 Å². The summed E-state index contributed by atoms with van der Waals surface area (Å²) in [6.45, 7) is 8.86. The van der Waals surface area contributed by atoms with Gasteiger partial charge in [0.15, 0.2) is 0 Å². The van der Waals surface area contributed by atoms with Gasteiger partial charge in [0.1, 0.15) is 0 Å². The molecule has 5 aliphatic rings. The van der Waals surface area contributed by atoms with Crippen LogP contribution in [0.1, 0.15) is 85.0 Å².